The molecule has 0 spiro atoms. The van der Waals surface area contributed by atoms with Crippen LogP contribution in [0.4, 0.5) is 0 Å². The number of hydrogen-bond acceptors (Lipinski definition) is 5. The third kappa shape index (κ3) is 1.97. The third-order valence-electron chi connectivity index (χ3n) is 2.59. The van der Waals surface area contributed by atoms with E-state index in [1.807, 2.05) is 5.43 Å². The van der Waals surface area contributed by atoms with Crippen molar-refractivity contribution < 1.29 is 9.90 Å². The number of hydrogen-bond donors (Lipinski definition) is 5. The molecule has 0 aliphatic heterocycles. The largest absolute Gasteiger partial charge is 0.374 e. The molecule has 1 aliphatic carbocycles. The molecule has 2 unspecified atom stereocenters. The first-order valence-electron chi connectivity index (χ1n) is 4.34. The summed E-state index contributed by atoms with van der Waals surface area (Å²) < 4.78 is 0. The molecule has 0 bridgehead atoms. The lowest BCUT2D eigenvalue weighted by atomic mass is 9.81. The van der Waals surface area contributed by atoms with Crippen LogP contribution in [0.15, 0.2) is 0 Å². The zero-order valence-electron chi connectivity index (χ0n) is 7.42. The molecule has 13 heavy (non-hydrogen) atoms. The lowest BCUT2D eigenvalue weighted by molar-refractivity contribution is -0.143. The second-order valence-electron chi connectivity index (χ2n) is 3.38. The fraction of sp³-hybridized carbons (Fsp3) is 0.857. The molecule has 1 rings (SSSR count). The Labute approximate surface area is 76.6 Å². The van der Waals surface area contributed by atoms with Crippen LogP contribution in [0.5, 0.6) is 0 Å². The molecule has 6 nitrogen and oxygen atoms in total. The summed E-state index contributed by atoms with van der Waals surface area (Å²) in [6, 6.07) is 0. The quantitative estimate of drug-likeness (QED) is 0.154. The summed E-state index contributed by atoms with van der Waals surface area (Å²) >= 11 is 0. The first kappa shape index (κ1) is 10.4. The molecular formula is C7H16N4O2. The number of amides is 1. The number of nitrogens with two attached hydrogens (primary N) is 2. The van der Waals surface area contributed by atoms with E-state index in [1.54, 1.807) is 0 Å². The number of hydrazine groups is 2. The predicted molar refractivity (Wildman–Crippen MR) is 46.6 cm³/mol. The summed E-state index contributed by atoms with van der Waals surface area (Å²) in [7, 11) is 0. The fourth-order valence-corrected chi connectivity index (χ4v) is 1.78. The highest BCUT2D eigenvalue weighted by atomic mass is 16.3. The predicted octanol–water partition coefficient (Wildman–Crippen LogP) is -1.68. The average molecular weight is 188 g/mol. The molecule has 0 aromatic rings. The van der Waals surface area contributed by atoms with E-state index in [0.29, 0.717) is 12.8 Å². The van der Waals surface area contributed by atoms with Crippen molar-refractivity contribution in [1.82, 2.24) is 10.9 Å². The molecule has 1 aliphatic rings. The molecule has 1 amide bonds. The highest BCUT2D eigenvalue weighted by Gasteiger charge is 2.42. The Morgan fingerprint density at radius 1 is 1.46 bits per heavy atom. The molecular weight excluding hydrogens is 172 g/mol. The highest BCUT2D eigenvalue weighted by Crippen LogP contribution is 2.31. The minimum atomic E-state index is -1.30. The van der Waals surface area contributed by atoms with E-state index in [4.69, 9.17) is 11.7 Å². The summed E-state index contributed by atoms with van der Waals surface area (Å²) in [5, 5.41) is 9.89. The van der Waals surface area contributed by atoms with Gasteiger partial charge in [-0.1, -0.05) is 6.42 Å². The Bertz CT molecular complexity index is 199. The topological polar surface area (TPSA) is 113 Å². The Hall–Kier alpha value is -0.690. The van der Waals surface area contributed by atoms with Gasteiger partial charge in [0.2, 0.25) is 5.91 Å². The van der Waals surface area contributed by atoms with Crippen molar-refractivity contribution in [2.24, 2.45) is 17.6 Å². The maximum Gasteiger partial charge on any atom is 0.241 e. The minimum absolute atomic E-state index is 0.375. The van der Waals surface area contributed by atoms with Gasteiger partial charge in [-0.15, -0.1) is 0 Å². The van der Waals surface area contributed by atoms with Crippen LogP contribution < -0.4 is 22.5 Å². The van der Waals surface area contributed by atoms with Gasteiger partial charge in [0.15, 0.2) is 0 Å². The molecule has 2 atom stereocenters. The molecule has 76 valence electrons. The van der Waals surface area contributed by atoms with Crippen LogP contribution in [0.1, 0.15) is 25.7 Å². The second kappa shape index (κ2) is 4.01. The number of rotatable bonds is 2. The molecule has 0 radical (unpaired) electrons. The molecule has 0 aromatic carbocycles. The van der Waals surface area contributed by atoms with Crippen molar-refractivity contribution in [1.29, 1.82) is 0 Å². The van der Waals surface area contributed by atoms with Gasteiger partial charge in [-0.05, 0) is 19.3 Å². The standard InChI is InChI=1S/C7H16N4O2/c8-10-6(12)5-3-1-2-4-7(5,13)11-9/h5,11,13H,1-4,8-9H2,(H,10,12). The molecule has 0 heterocycles. The van der Waals surface area contributed by atoms with Crippen LogP contribution in [-0.2, 0) is 4.79 Å². The van der Waals surface area contributed by atoms with E-state index < -0.39 is 11.6 Å². The normalized spacial score (nSPS) is 34.2. The van der Waals surface area contributed by atoms with E-state index in [1.165, 1.54) is 0 Å². The maximum atomic E-state index is 11.2. The number of carbonyl (C=O) groups excluding carboxylic acids is 1. The van der Waals surface area contributed by atoms with Gasteiger partial charge < -0.3 is 5.11 Å². The number of carbonyl (C=O) groups is 1. The Balaban J connectivity index is 2.72. The average Bonchev–Trinajstić information content (AvgIpc) is 2.17. The van der Waals surface area contributed by atoms with Gasteiger partial charge in [-0.2, -0.15) is 0 Å². The Morgan fingerprint density at radius 2 is 2.15 bits per heavy atom. The molecule has 1 saturated carbocycles. The monoisotopic (exact) mass is 188 g/mol. The minimum Gasteiger partial charge on any atom is -0.374 e. The van der Waals surface area contributed by atoms with Crippen molar-refractivity contribution >= 4 is 5.91 Å². The Morgan fingerprint density at radius 3 is 2.69 bits per heavy atom. The molecule has 0 aromatic heterocycles. The van der Waals surface area contributed by atoms with Gasteiger partial charge >= 0.3 is 0 Å². The Kier molecular flexibility index (Phi) is 3.21. The van der Waals surface area contributed by atoms with Crippen molar-refractivity contribution in [3.63, 3.8) is 0 Å². The lowest BCUT2D eigenvalue weighted by Crippen LogP contribution is -2.60. The highest BCUT2D eigenvalue weighted by molar-refractivity contribution is 5.79. The maximum absolute atomic E-state index is 11.2. The van der Waals surface area contributed by atoms with E-state index >= 15 is 0 Å². The zero-order chi connectivity index (χ0) is 9.90. The van der Waals surface area contributed by atoms with E-state index in [2.05, 4.69) is 5.43 Å². The SMILES string of the molecule is NNC(=O)C1CCCCC1(O)NN. The summed E-state index contributed by atoms with van der Waals surface area (Å²) in [6.45, 7) is 0. The van der Waals surface area contributed by atoms with Gasteiger partial charge in [0.05, 0.1) is 5.92 Å². The first-order chi connectivity index (χ1) is 6.14. The van der Waals surface area contributed by atoms with E-state index in [0.717, 1.165) is 12.8 Å². The molecule has 6 heteroatoms. The molecule has 7 N–H and O–H groups in total. The van der Waals surface area contributed by atoms with E-state index in [-0.39, 0.29) is 5.91 Å². The van der Waals surface area contributed by atoms with Gasteiger partial charge in [0.1, 0.15) is 5.72 Å². The van der Waals surface area contributed by atoms with Crippen molar-refractivity contribution in [2.45, 2.75) is 31.4 Å². The van der Waals surface area contributed by atoms with Gasteiger partial charge in [-0.3, -0.25) is 16.1 Å². The first-order valence-corrected chi connectivity index (χ1v) is 4.34. The molecule has 1 fully saturated rings. The van der Waals surface area contributed by atoms with Crippen LogP contribution in [0.25, 0.3) is 0 Å². The van der Waals surface area contributed by atoms with Gasteiger partial charge in [0.25, 0.3) is 0 Å². The van der Waals surface area contributed by atoms with Crippen molar-refractivity contribution in [3.05, 3.63) is 0 Å². The van der Waals surface area contributed by atoms with E-state index in [9.17, 15) is 9.90 Å². The van der Waals surface area contributed by atoms with Crippen LogP contribution in [-0.4, -0.2) is 16.7 Å². The van der Waals surface area contributed by atoms with Gasteiger partial charge in [0, 0.05) is 0 Å². The third-order valence-corrected chi connectivity index (χ3v) is 2.59. The molecule has 0 saturated heterocycles. The van der Waals surface area contributed by atoms with Crippen LogP contribution in [0.3, 0.4) is 0 Å². The summed E-state index contributed by atoms with van der Waals surface area (Å²) in [5.74, 6) is 9.27. The summed E-state index contributed by atoms with van der Waals surface area (Å²) in [6.07, 6.45) is 2.84. The summed E-state index contributed by atoms with van der Waals surface area (Å²) in [5.41, 5.74) is 3.01. The second-order valence-corrected chi connectivity index (χ2v) is 3.38. The lowest BCUT2D eigenvalue weighted by Gasteiger charge is -2.37. The van der Waals surface area contributed by atoms with Crippen LogP contribution >= 0.6 is 0 Å². The number of nitrogens with one attached hydrogen (secondary N) is 2. The van der Waals surface area contributed by atoms with Crippen molar-refractivity contribution in [2.75, 3.05) is 0 Å². The number of aliphatic hydroxyl groups is 1. The fourth-order valence-electron chi connectivity index (χ4n) is 1.78. The van der Waals surface area contributed by atoms with Gasteiger partial charge in [-0.25, -0.2) is 11.3 Å². The zero-order valence-corrected chi connectivity index (χ0v) is 7.42. The van der Waals surface area contributed by atoms with Crippen LogP contribution in [0.2, 0.25) is 0 Å². The smallest absolute Gasteiger partial charge is 0.241 e. The summed E-state index contributed by atoms with van der Waals surface area (Å²) in [4.78, 5) is 11.2. The van der Waals surface area contributed by atoms with Crippen LogP contribution in [0, 0.1) is 5.92 Å². The van der Waals surface area contributed by atoms with Crippen molar-refractivity contribution in [3.8, 4) is 0 Å².